The zero-order valence-corrected chi connectivity index (χ0v) is 22.3. The van der Waals surface area contributed by atoms with Crippen LogP contribution in [-0.4, -0.2) is 79.2 Å². The van der Waals surface area contributed by atoms with Gasteiger partial charge in [0, 0.05) is 46.3 Å². The van der Waals surface area contributed by atoms with Crippen molar-refractivity contribution in [1.82, 2.24) is 39.0 Å². The number of nitrogens with zero attached hydrogens (tertiary/aromatic N) is 6. The van der Waals surface area contributed by atoms with Crippen molar-refractivity contribution in [3.8, 4) is 0 Å². The van der Waals surface area contributed by atoms with Crippen molar-refractivity contribution >= 4 is 45.3 Å². The van der Waals surface area contributed by atoms with Gasteiger partial charge < -0.3 is 32.8 Å². The molecule has 4 aromatic heterocycles. The molecule has 17 heteroatoms. The van der Waals surface area contributed by atoms with Crippen LogP contribution in [0.1, 0.15) is 12.8 Å². The number of nitrogen functional groups attached to an aromatic ring is 2. The first kappa shape index (κ1) is 28.2. The number of hydrogen-bond acceptors (Lipinski definition) is 13. The van der Waals surface area contributed by atoms with Gasteiger partial charge >= 0.3 is 11.4 Å². The summed E-state index contributed by atoms with van der Waals surface area (Å²) in [5.74, 6) is 0.242. The number of unbranched alkanes of at least 4 members (excludes halogenated alkanes) is 1. The van der Waals surface area contributed by atoms with E-state index in [1.807, 2.05) is 4.90 Å². The minimum Gasteiger partial charge on any atom is -0.383 e. The molecule has 4 heterocycles. The van der Waals surface area contributed by atoms with Gasteiger partial charge in [-0.1, -0.05) is 0 Å². The summed E-state index contributed by atoms with van der Waals surface area (Å²) >= 11 is 0. The number of nitrogens with two attached hydrogens (primary N) is 3. The number of H-pyrrole nitrogens is 2. The Hall–Kier alpha value is -4.77. The zero-order valence-electron chi connectivity index (χ0n) is 22.3. The van der Waals surface area contributed by atoms with Gasteiger partial charge in [0.25, 0.3) is 11.1 Å². The van der Waals surface area contributed by atoms with Crippen molar-refractivity contribution in [3.63, 3.8) is 0 Å². The highest BCUT2D eigenvalue weighted by molar-refractivity contribution is 5.88. The third kappa shape index (κ3) is 5.64. The van der Waals surface area contributed by atoms with E-state index in [2.05, 4.69) is 35.6 Å². The van der Waals surface area contributed by atoms with Crippen molar-refractivity contribution in [3.05, 3.63) is 47.7 Å². The average Bonchev–Trinajstić information content (AvgIpc) is 2.91. The minimum absolute atomic E-state index is 0.0183. The number of nitrogens with one attached hydrogen (secondary N) is 4. The molecule has 0 bridgehead atoms. The van der Waals surface area contributed by atoms with E-state index < -0.39 is 22.5 Å². The monoisotopic (exact) mass is 555 g/mol. The van der Waals surface area contributed by atoms with Crippen LogP contribution in [-0.2, 0) is 13.1 Å². The minimum atomic E-state index is -0.643. The van der Waals surface area contributed by atoms with E-state index in [0.717, 1.165) is 12.8 Å². The van der Waals surface area contributed by atoms with Gasteiger partial charge in [-0.25, -0.2) is 9.59 Å². The SMILES string of the molecule is CNc1cc2c(c(N)nc(=O)n2CCN(CCCCN)CCn2c(=O)nc(N)c3c(=O)[nH]c(NC)nc32)c(=O)[nH]1. The number of hydrogen-bond donors (Lipinski definition) is 7. The predicted molar refractivity (Wildman–Crippen MR) is 154 cm³/mol. The van der Waals surface area contributed by atoms with E-state index in [9.17, 15) is 19.2 Å². The molecule has 0 unspecified atom stereocenters. The van der Waals surface area contributed by atoms with Gasteiger partial charge in [-0.2, -0.15) is 15.0 Å². The van der Waals surface area contributed by atoms with Gasteiger partial charge in [-0.05, 0) is 25.9 Å². The average molecular weight is 556 g/mol. The highest BCUT2D eigenvalue weighted by atomic mass is 16.2. The molecule has 0 saturated carbocycles. The van der Waals surface area contributed by atoms with Crippen LogP contribution in [0.4, 0.5) is 23.4 Å². The molecular weight excluding hydrogens is 522 g/mol. The lowest BCUT2D eigenvalue weighted by atomic mass is 10.2. The molecule has 0 amide bonds. The topological polar surface area (TPSA) is 254 Å². The molecule has 0 saturated heterocycles. The molecule has 0 fully saturated rings. The molecule has 40 heavy (non-hydrogen) atoms. The van der Waals surface area contributed by atoms with Crippen LogP contribution in [0.15, 0.2) is 25.2 Å². The van der Waals surface area contributed by atoms with Crippen LogP contribution in [0.2, 0.25) is 0 Å². The third-order valence-electron chi connectivity index (χ3n) is 6.58. The summed E-state index contributed by atoms with van der Waals surface area (Å²) in [5, 5.41) is 5.76. The molecule has 0 aromatic carbocycles. The molecule has 0 radical (unpaired) electrons. The molecule has 0 aliphatic heterocycles. The summed E-state index contributed by atoms with van der Waals surface area (Å²) in [5.41, 5.74) is 15.7. The Bertz CT molecular complexity index is 1650. The van der Waals surface area contributed by atoms with Gasteiger partial charge in [0.2, 0.25) is 5.95 Å². The Kier molecular flexibility index (Phi) is 8.44. The van der Waals surface area contributed by atoms with E-state index in [4.69, 9.17) is 17.2 Å². The van der Waals surface area contributed by atoms with Crippen molar-refractivity contribution in [2.75, 3.05) is 62.4 Å². The Morgan fingerprint density at radius 2 is 1.45 bits per heavy atom. The molecule has 17 nitrogen and oxygen atoms in total. The van der Waals surface area contributed by atoms with Crippen LogP contribution in [0.5, 0.6) is 0 Å². The summed E-state index contributed by atoms with van der Waals surface area (Å²) in [6.07, 6.45) is 1.55. The van der Waals surface area contributed by atoms with Crippen LogP contribution in [0.25, 0.3) is 21.9 Å². The maximum absolute atomic E-state index is 12.8. The molecule has 4 rings (SSSR count). The first-order valence-electron chi connectivity index (χ1n) is 12.7. The predicted octanol–water partition coefficient (Wildman–Crippen LogP) is -2.13. The van der Waals surface area contributed by atoms with Crippen molar-refractivity contribution in [2.45, 2.75) is 25.9 Å². The van der Waals surface area contributed by atoms with Crippen LogP contribution in [0.3, 0.4) is 0 Å². The highest BCUT2D eigenvalue weighted by Gasteiger charge is 2.17. The quantitative estimate of drug-likeness (QED) is 0.0923. The standard InChI is InChI=1S/C23H33N13O4/c1-27-13-11-12-14(19(37)29-13)16(25)30-22(39)35(12)9-7-34(6-4-3-5-24)8-10-36-18-15(17(26)31-23(36)40)20(38)33-21(28-2)32-18/h11H,3-10,24H2,1-2H3,(H2,25,30,39)(H2,26,31,40)(H2,27,29,37)(H2,28,32,33,38). The lowest BCUT2D eigenvalue weighted by Crippen LogP contribution is -2.37. The van der Waals surface area contributed by atoms with Gasteiger partial charge in [-0.3, -0.25) is 28.6 Å². The van der Waals surface area contributed by atoms with E-state index >= 15 is 0 Å². The molecule has 0 aliphatic carbocycles. The van der Waals surface area contributed by atoms with Crippen molar-refractivity contribution in [2.24, 2.45) is 5.73 Å². The fourth-order valence-electron chi connectivity index (χ4n) is 4.49. The highest BCUT2D eigenvalue weighted by Crippen LogP contribution is 2.16. The molecule has 0 aliphatic rings. The number of rotatable bonds is 12. The Morgan fingerprint density at radius 3 is 2.10 bits per heavy atom. The van der Waals surface area contributed by atoms with Crippen molar-refractivity contribution in [1.29, 1.82) is 0 Å². The smallest absolute Gasteiger partial charge is 0.351 e. The van der Waals surface area contributed by atoms with Crippen LogP contribution in [0, 0.1) is 0 Å². The summed E-state index contributed by atoms with van der Waals surface area (Å²) in [6.45, 7) is 2.18. The van der Waals surface area contributed by atoms with E-state index in [0.29, 0.717) is 37.5 Å². The summed E-state index contributed by atoms with van der Waals surface area (Å²) in [7, 11) is 3.23. The largest absolute Gasteiger partial charge is 0.383 e. The number of aromatic amines is 2. The molecule has 214 valence electrons. The van der Waals surface area contributed by atoms with Gasteiger partial charge in [0.05, 0.1) is 5.52 Å². The van der Waals surface area contributed by atoms with Crippen LogP contribution >= 0.6 is 0 Å². The van der Waals surface area contributed by atoms with Gasteiger partial charge in [-0.15, -0.1) is 0 Å². The molecule has 0 atom stereocenters. The molecular formula is C23H33N13O4. The number of anilines is 4. The molecule has 4 aromatic rings. The Labute approximate surface area is 226 Å². The third-order valence-corrected chi connectivity index (χ3v) is 6.58. The first-order chi connectivity index (χ1) is 19.2. The lowest BCUT2D eigenvalue weighted by Gasteiger charge is -2.24. The second kappa shape index (κ2) is 12.0. The van der Waals surface area contributed by atoms with E-state index in [1.54, 1.807) is 20.2 Å². The maximum atomic E-state index is 12.8. The van der Waals surface area contributed by atoms with Gasteiger partial charge in [0.15, 0.2) is 5.65 Å². The fourth-order valence-corrected chi connectivity index (χ4v) is 4.49. The van der Waals surface area contributed by atoms with E-state index in [-0.39, 0.29) is 47.1 Å². The number of fused-ring (bicyclic) bond motifs is 2. The lowest BCUT2D eigenvalue weighted by molar-refractivity contribution is 0.247. The Balaban J connectivity index is 1.66. The summed E-state index contributed by atoms with van der Waals surface area (Å²) in [6, 6.07) is 1.63. The second-order valence-electron chi connectivity index (χ2n) is 9.09. The fraction of sp³-hybridized carbons (Fsp3) is 0.435. The summed E-state index contributed by atoms with van der Waals surface area (Å²) < 4.78 is 2.69. The van der Waals surface area contributed by atoms with E-state index in [1.165, 1.54) is 9.13 Å². The number of pyridine rings is 1. The maximum Gasteiger partial charge on any atom is 0.351 e. The zero-order chi connectivity index (χ0) is 29.0. The van der Waals surface area contributed by atoms with Crippen LogP contribution < -0.4 is 50.3 Å². The van der Waals surface area contributed by atoms with Crippen molar-refractivity contribution < 1.29 is 0 Å². The molecule has 10 N–H and O–H groups in total. The molecule has 0 spiro atoms. The number of aromatic nitrogens is 7. The Morgan fingerprint density at radius 1 is 0.825 bits per heavy atom. The second-order valence-corrected chi connectivity index (χ2v) is 9.09. The normalized spacial score (nSPS) is 11.5. The first-order valence-corrected chi connectivity index (χ1v) is 12.7. The van der Waals surface area contributed by atoms with Gasteiger partial charge in [0.1, 0.15) is 28.2 Å². The summed E-state index contributed by atoms with van der Waals surface area (Å²) in [4.78, 5) is 70.0.